The quantitative estimate of drug-likeness (QED) is 0.907. The molecule has 2 fully saturated rings. The molecule has 102 valence electrons. The van der Waals surface area contributed by atoms with E-state index in [9.17, 15) is 5.11 Å². The van der Waals surface area contributed by atoms with E-state index in [-0.39, 0.29) is 6.10 Å². The Balaban J connectivity index is 1.63. The van der Waals surface area contributed by atoms with Gasteiger partial charge < -0.3 is 14.6 Å². The van der Waals surface area contributed by atoms with Crippen molar-refractivity contribution in [3.8, 4) is 11.5 Å². The van der Waals surface area contributed by atoms with Gasteiger partial charge in [-0.1, -0.05) is 22.4 Å². The van der Waals surface area contributed by atoms with Crippen molar-refractivity contribution >= 4 is 15.9 Å². The Bertz CT molecular complexity index is 506. The predicted molar refractivity (Wildman–Crippen MR) is 74.4 cm³/mol. The van der Waals surface area contributed by atoms with E-state index < -0.39 is 0 Å². The summed E-state index contributed by atoms with van der Waals surface area (Å²) in [5, 5.41) is 10.6. The minimum atomic E-state index is -0.375. The van der Waals surface area contributed by atoms with E-state index in [1.165, 1.54) is 19.3 Å². The molecule has 0 radical (unpaired) electrons. The third kappa shape index (κ3) is 1.88. The Hall–Kier alpha value is -0.740. The maximum atomic E-state index is 10.6. The molecular formula is C15H17BrO3. The summed E-state index contributed by atoms with van der Waals surface area (Å²) in [6, 6.07) is 3.86. The highest BCUT2D eigenvalue weighted by molar-refractivity contribution is 9.10. The molecule has 0 spiro atoms. The molecule has 0 aromatic heterocycles. The zero-order valence-electron chi connectivity index (χ0n) is 10.6. The number of halogens is 1. The Kier molecular flexibility index (Phi) is 2.78. The van der Waals surface area contributed by atoms with Gasteiger partial charge in [-0.05, 0) is 48.3 Å². The lowest BCUT2D eigenvalue weighted by atomic mass is 9.99. The standard InChI is InChI=1S/C15H17BrO3/c16-11-7-13-12(18-4-5-19-13)6-10(11)15(17)14-8-2-1-3-9(8)14/h6-9,14-15,17H,1-5H2. The topological polar surface area (TPSA) is 38.7 Å². The first kappa shape index (κ1) is 12.0. The fourth-order valence-electron chi connectivity index (χ4n) is 3.86. The summed E-state index contributed by atoms with van der Waals surface area (Å²) in [7, 11) is 0. The van der Waals surface area contributed by atoms with Crippen molar-refractivity contribution in [1.82, 2.24) is 0 Å². The zero-order valence-corrected chi connectivity index (χ0v) is 12.2. The molecule has 1 aromatic carbocycles. The highest BCUT2D eigenvalue weighted by Crippen LogP contribution is 2.62. The van der Waals surface area contributed by atoms with Crippen LogP contribution < -0.4 is 9.47 Å². The molecule has 3 atom stereocenters. The third-order valence-corrected chi connectivity index (χ3v) is 5.50. The van der Waals surface area contributed by atoms with Crippen LogP contribution in [0.3, 0.4) is 0 Å². The summed E-state index contributed by atoms with van der Waals surface area (Å²) < 4.78 is 12.1. The van der Waals surface area contributed by atoms with Gasteiger partial charge in [0.15, 0.2) is 11.5 Å². The van der Waals surface area contributed by atoms with E-state index in [0.29, 0.717) is 19.1 Å². The molecule has 2 aliphatic carbocycles. The molecule has 3 nitrogen and oxygen atoms in total. The van der Waals surface area contributed by atoms with E-state index in [0.717, 1.165) is 33.4 Å². The van der Waals surface area contributed by atoms with Crippen LogP contribution in [0.15, 0.2) is 16.6 Å². The van der Waals surface area contributed by atoms with E-state index in [1.807, 2.05) is 12.1 Å². The van der Waals surface area contributed by atoms with Crippen molar-refractivity contribution < 1.29 is 14.6 Å². The van der Waals surface area contributed by atoms with Gasteiger partial charge in [0.1, 0.15) is 13.2 Å². The molecule has 1 N–H and O–H groups in total. The van der Waals surface area contributed by atoms with Gasteiger partial charge in [0, 0.05) is 4.47 Å². The zero-order chi connectivity index (χ0) is 13.0. The smallest absolute Gasteiger partial charge is 0.162 e. The van der Waals surface area contributed by atoms with Crippen LogP contribution in [0.4, 0.5) is 0 Å². The molecular weight excluding hydrogens is 308 g/mol. The Morgan fingerprint density at radius 3 is 2.42 bits per heavy atom. The average molecular weight is 325 g/mol. The third-order valence-electron chi connectivity index (χ3n) is 4.82. The van der Waals surface area contributed by atoms with Gasteiger partial charge in [0.2, 0.25) is 0 Å². The van der Waals surface area contributed by atoms with E-state index in [1.54, 1.807) is 0 Å². The van der Waals surface area contributed by atoms with Gasteiger partial charge >= 0.3 is 0 Å². The van der Waals surface area contributed by atoms with Gasteiger partial charge in [-0.25, -0.2) is 0 Å². The fraction of sp³-hybridized carbons (Fsp3) is 0.600. The molecule has 2 saturated carbocycles. The molecule has 4 heteroatoms. The maximum Gasteiger partial charge on any atom is 0.162 e. The van der Waals surface area contributed by atoms with Crippen LogP contribution in [0.5, 0.6) is 11.5 Å². The van der Waals surface area contributed by atoms with Crippen LogP contribution >= 0.6 is 15.9 Å². The van der Waals surface area contributed by atoms with Gasteiger partial charge in [0.05, 0.1) is 6.10 Å². The van der Waals surface area contributed by atoms with Gasteiger partial charge in [-0.2, -0.15) is 0 Å². The highest BCUT2D eigenvalue weighted by Gasteiger charge is 2.56. The second-order valence-corrected chi connectivity index (χ2v) is 6.65. The minimum Gasteiger partial charge on any atom is -0.486 e. The number of benzene rings is 1. The van der Waals surface area contributed by atoms with Crippen molar-refractivity contribution in [3.05, 3.63) is 22.2 Å². The van der Waals surface area contributed by atoms with Crippen LogP contribution in [0.1, 0.15) is 30.9 Å². The molecule has 0 amide bonds. The monoisotopic (exact) mass is 324 g/mol. The maximum absolute atomic E-state index is 10.6. The number of ether oxygens (including phenoxy) is 2. The number of hydrogen-bond acceptors (Lipinski definition) is 3. The lowest BCUT2D eigenvalue weighted by Gasteiger charge is -2.22. The number of aliphatic hydroxyl groups is 1. The van der Waals surface area contributed by atoms with Crippen molar-refractivity contribution in [2.75, 3.05) is 13.2 Å². The normalized spacial score (nSPS) is 32.8. The van der Waals surface area contributed by atoms with Gasteiger partial charge in [-0.15, -0.1) is 0 Å². The van der Waals surface area contributed by atoms with Crippen LogP contribution in [0, 0.1) is 17.8 Å². The summed E-state index contributed by atoms with van der Waals surface area (Å²) in [6.07, 6.45) is 3.53. The Labute approximate surface area is 121 Å². The first-order valence-corrected chi connectivity index (χ1v) is 7.82. The minimum absolute atomic E-state index is 0.375. The molecule has 0 saturated heterocycles. The average Bonchev–Trinajstić information content (AvgIpc) is 2.90. The highest BCUT2D eigenvalue weighted by atomic mass is 79.9. The summed E-state index contributed by atoms with van der Waals surface area (Å²) >= 11 is 3.56. The largest absolute Gasteiger partial charge is 0.486 e. The van der Waals surface area contributed by atoms with Gasteiger partial charge in [-0.3, -0.25) is 0 Å². The predicted octanol–water partition coefficient (Wildman–Crippen LogP) is 3.30. The molecule has 3 aliphatic rings. The molecule has 1 aliphatic heterocycles. The summed E-state index contributed by atoms with van der Waals surface area (Å²) in [4.78, 5) is 0. The van der Waals surface area contributed by atoms with Crippen molar-refractivity contribution in [2.24, 2.45) is 17.8 Å². The SMILES string of the molecule is OC(c1cc2c(cc1Br)OCCO2)C1C2CCCC21. The van der Waals surface area contributed by atoms with Crippen molar-refractivity contribution in [3.63, 3.8) is 0 Å². The summed E-state index contributed by atoms with van der Waals surface area (Å²) in [6.45, 7) is 1.17. The number of aliphatic hydroxyl groups excluding tert-OH is 1. The lowest BCUT2D eigenvalue weighted by Crippen LogP contribution is -2.16. The second-order valence-electron chi connectivity index (χ2n) is 5.80. The Morgan fingerprint density at radius 2 is 1.74 bits per heavy atom. The molecule has 1 aromatic rings. The molecule has 19 heavy (non-hydrogen) atoms. The second kappa shape index (κ2) is 4.38. The number of rotatable bonds is 2. The van der Waals surface area contributed by atoms with E-state index in [4.69, 9.17) is 9.47 Å². The van der Waals surface area contributed by atoms with Crippen LogP contribution in [0.25, 0.3) is 0 Å². The van der Waals surface area contributed by atoms with Crippen LogP contribution in [0.2, 0.25) is 0 Å². The molecule has 3 unspecified atom stereocenters. The number of fused-ring (bicyclic) bond motifs is 2. The molecule has 0 bridgehead atoms. The van der Waals surface area contributed by atoms with E-state index in [2.05, 4.69) is 15.9 Å². The lowest BCUT2D eigenvalue weighted by molar-refractivity contribution is 0.134. The van der Waals surface area contributed by atoms with Crippen molar-refractivity contribution in [1.29, 1.82) is 0 Å². The first-order valence-electron chi connectivity index (χ1n) is 7.03. The summed E-state index contributed by atoms with van der Waals surface area (Å²) in [5.74, 6) is 3.47. The van der Waals surface area contributed by atoms with Crippen LogP contribution in [-0.2, 0) is 0 Å². The number of hydrogen-bond donors (Lipinski definition) is 1. The van der Waals surface area contributed by atoms with Crippen LogP contribution in [-0.4, -0.2) is 18.3 Å². The molecule has 1 heterocycles. The molecule has 4 rings (SSSR count). The first-order chi connectivity index (χ1) is 9.25. The van der Waals surface area contributed by atoms with Gasteiger partial charge in [0.25, 0.3) is 0 Å². The fourth-order valence-corrected chi connectivity index (χ4v) is 4.42. The van der Waals surface area contributed by atoms with Crippen molar-refractivity contribution in [2.45, 2.75) is 25.4 Å². The van der Waals surface area contributed by atoms with E-state index >= 15 is 0 Å². The Morgan fingerprint density at radius 1 is 1.11 bits per heavy atom. The summed E-state index contributed by atoms with van der Waals surface area (Å²) in [5.41, 5.74) is 0.948.